The van der Waals surface area contributed by atoms with Crippen molar-refractivity contribution in [3.05, 3.63) is 11.4 Å². The van der Waals surface area contributed by atoms with Gasteiger partial charge in [0.25, 0.3) is 0 Å². The molecular formula is C19H31BN2O4S. The summed E-state index contributed by atoms with van der Waals surface area (Å²) in [6.07, 6.45) is -1.51. The second kappa shape index (κ2) is 6.97. The molecule has 2 aliphatic heterocycles. The fourth-order valence-corrected chi connectivity index (χ4v) is 3.16. The van der Waals surface area contributed by atoms with Gasteiger partial charge in [0.1, 0.15) is 5.60 Å². The molecular weight excluding hydrogens is 363 g/mol. The molecule has 1 aromatic rings. The van der Waals surface area contributed by atoms with Crippen molar-refractivity contribution in [2.45, 2.75) is 65.3 Å². The highest BCUT2D eigenvalue weighted by Gasteiger charge is 2.52. The monoisotopic (exact) mass is 402 g/mol. The Bertz CT molecular complexity index is 967. The van der Waals surface area contributed by atoms with E-state index < -0.39 is 56.0 Å². The molecule has 27 heavy (non-hydrogen) atoms. The highest BCUT2D eigenvalue weighted by atomic mass is 32.1. The molecule has 1 amide bonds. The van der Waals surface area contributed by atoms with E-state index in [4.69, 9.17) is 25.0 Å². The van der Waals surface area contributed by atoms with E-state index in [0.717, 1.165) is 11.3 Å². The van der Waals surface area contributed by atoms with Gasteiger partial charge in [0.05, 0.1) is 27.2 Å². The number of piperazine rings is 1. The first-order chi connectivity index (χ1) is 15.4. The first kappa shape index (κ1) is 12.3. The summed E-state index contributed by atoms with van der Waals surface area (Å²) in [7, 11) is -0.835. The standard InChI is InChI=1S/C19H31BN2O4S/c1-17(2,3)24-16(23)22-10-8-21(9-11-22)15-12-14(13-27-15)20-25-18(4,5)19(6,7)26-20/h12-13H,8-11H2,1-7H3/i8D2,9D2,10D2,11D2. The van der Waals surface area contributed by atoms with Gasteiger partial charge < -0.3 is 23.8 Å². The molecule has 6 nitrogen and oxygen atoms in total. The molecule has 0 radical (unpaired) electrons. The third-order valence-electron chi connectivity index (χ3n) is 4.47. The number of carbonyl (C=O) groups is 1. The Morgan fingerprint density at radius 3 is 2.26 bits per heavy atom. The topological polar surface area (TPSA) is 51.2 Å². The summed E-state index contributed by atoms with van der Waals surface area (Å²) in [5.74, 6) is 0. The van der Waals surface area contributed by atoms with E-state index >= 15 is 0 Å². The van der Waals surface area contributed by atoms with Crippen molar-refractivity contribution >= 4 is 35.0 Å². The zero-order chi connectivity index (χ0) is 27.2. The zero-order valence-electron chi connectivity index (χ0n) is 24.7. The van der Waals surface area contributed by atoms with Gasteiger partial charge in [-0.3, -0.25) is 0 Å². The Hall–Kier alpha value is -1.25. The Kier molecular flexibility index (Phi) is 3.19. The van der Waals surface area contributed by atoms with Gasteiger partial charge in [-0.1, -0.05) is 0 Å². The summed E-state index contributed by atoms with van der Waals surface area (Å²) in [6.45, 7) is -1.15. The van der Waals surface area contributed by atoms with E-state index in [-0.39, 0.29) is 9.90 Å². The third kappa shape index (κ3) is 4.44. The van der Waals surface area contributed by atoms with E-state index in [1.54, 1.807) is 5.38 Å². The summed E-state index contributed by atoms with van der Waals surface area (Å²) >= 11 is 0.887. The van der Waals surface area contributed by atoms with Crippen molar-refractivity contribution in [2.24, 2.45) is 0 Å². The van der Waals surface area contributed by atoms with Crippen molar-refractivity contribution < 1.29 is 29.8 Å². The van der Waals surface area contributed by atoms with Gasteiger partial charge in [0.2, 0.25) is 0 Å². The van der Waals surface area contributed by atoms with Crippen molar-refractivity contribution in [1.82, 2.24) is 4.90 Å². The van der Waals surface area contributed by atoms with Gasteiger partial charge in [0, 0.05) is 26.0 Å². The highest BCUT2D eigenvalue weighted by Crippen LogP contribution is 2.37. The van der Waals surface area contributed by atoms with Crippen LogP contribution in [0.4, 0.5) is 9.80 Å². The van der Waals surface area contributed by atoms with E-state index in [9.17, 15) is 4.79 Å². The van der Waals surface area contributed by atoms with Gasteiger partial charge in [-0.05, 0) is 65.4 Å². The lowest BCUT2D eigenvalue weighted by Crippen LogP contribution is -2.50. The second-order valence-electron chi connectivity index (χ2n) is 8.40. The predicted molar refractivity (Wildman–Crippen MR) is 110 cm³/mol. The normalized spacial score (nSPS) is 34.1. The van der Waals surface area contributed by atoms with Gasteiger partial charge in [0.15, 0.2) is 0 Å². The van der Waals surface area contributed by atoms with Crippen LogP contribution in [-0.4, -0.2) is 60.9 Å². The van der Waals surface area contributed by atoms with Gasteiger partial charge in [-0.25, -0.2) is 4.79 Å². The fourth-order valence-electron chi connectivity index (χ4n) is 2.32. The highest BCUT2D eigenvalue weighted by molar-refractivity contribution is 7.15. The smallest absolute Gasteiger partial charge is 0.444 e. The summed E-state index contributed by atoms with van der Waals surface area (Å²) < 4.78 is 85.1. The maximum absolute atomic E-state index is 12.8. The number of thiophene rings is 1. The van der Waals surface area contributed by atoms with Crippen molar-refractivity contribution in [3.63, 3.8) is 0 Å². The van der Waals surface area contributed by atoms with E-state index in [0.29, 0.717) is 10.4 Å². The van der Waals surface area contributed by atoms with Crippen LogP contribution >= 0.6 is 11.3 Å². The zero-order valence-corrected chi connectivity index (χ0v) is 17.5. The molecule has 3 rings (SSSR count). The van der Waals surface area contributed by atoms with Crippen LogP contribution in [0.25, 0.3) is 0 Å². The Morgan fingerprint density at radius 2 is 1.74 bits per heavy atom. The minimum Gasteiger partial charge on any atom is -0.444 e. The number of nitrogens with zero attached hydrogens (tertiary/aromatic N) is 2. The minimum atomic E-state index is -3.32. The van der Waals surface area contributed by atoms with Gasteiger partial charge in [-0.15, -0.1) is 11.3 Å². The van der Waals surface area contributed by atoms with E-state index in [2.05, 4.69) is 0 Å². The molecule has 2 saturated heterocycles. The number of ether oxygens (including phenoxy) is 1. The molecule has 0 saturated carbocycles. The third-order valence-corrected chi connectivity index (χ3v) is 5.41. The molecule has 0 atom stereocenters. The molecule has 0 spiro atoms. The van der Waals surface area contributed by atoms with Crippen LogP contribution in [0.2, 0.25) is 0 Å². The molecule has 0 unspecified atom stereocenters. The molecule has 2 fully saturated rings. The molecule has 8 heteroatoms. The van der Waals surface area contributed by atoms with Crippen LogP contribution in [0.3, 0.4) is 0 Å². The molecule has 0 aromatic carbocycles. The average Bonchev–Trinajstić information content (AvgIpc) is 3.13. The lowest BCUT2D eigenvalue weighted by Gasteiger charge is -2.36. The maximum atomic E-state index is 12.8. The molecule has 1 aromatic heterocycles. The first-order valence-corrected chi connectivity index (χ1v) is 9.56. The molecule has 0 aliphatic carbocycles. The number of amides is 1. The number of hydrogen-bond acceptors (Lipinski definition) is 6. The first-order valence-electron chi connectivity index (χ1n) is 12.7. The predicted octanol–water partition coefficient (Wildman–Crippen LogP) is 3.10. The van der Waals surface area contributed by atoms with Gasteiger partial charge in [-0.2, -0.15) is 0 Å². The SMILES string of the molecule is [2H]C1([2H])N(C(=O)OC(C)(C)C)C([2H])([2H])C([2H])([2H])N(c2cc(B3OC(C)(C)C(C)(C)O3)cs2)C1([2H])[2H]. The number of anilines is 1. The number of carbonyl (C=O) groups excluding carboxylic acids is 1. The quantitative estimate of drug-likeness (QED) is 0.712. The summed E-state index contributed by atoms with van der Waals surface area (Å²) in [5, 5.41) is 1.47. The Labute approximate surface area is 178 Å². The largest absolute Gasteiger partial charge is 0.495 e. The van der Waals surface area contributed by atoms with Crippen molar-refractivity contribution in [1.29, 1.82) is 0 Å². The van der Waals surface area contributed by atoms with Crippen molar-refractivity contribution in [3.8, 4) is 0 Å². The lowest BCUT2D eigenvalue weighted by molar-refractivity contribution is 0.00578. The number of rotatable bonds is 2. The second-order valence-corrected chi connectivity index (χ2v) is 9.29. The van der Waals surface area contributed by atoms with Crippen LogP contribution in [0.1, 0.15) is 59.4 Å². The number of hydrogen-bond donors (Lipinski definition) is 0. The van der Waals surface area contributed by atoms with Crippen LogP contribution in [0, 0.1) is 0 Å². The molecule has 0 N–H and O–H groups in total. The van der Waals surface area contributed by atoms with Crippen molar-refractivity contribution in [2.75, 3.05) is 30.9 Å². The Morgan fingerprint density at radius 1 is 1.19 bits per heavy atom. The average molecular weight is 402 g/mol. The fraction of sp³-hybridized carbons (Fsp3) is 0.737. The lowest BCUT2D eigenvalue weighted by atomic mass is 9.81. The van der Waals surface area contributed by atoms with Crippen LogP contribution in [-0.2, 0) is 14.0 Å². The molecule has 150 valence electrons. The minimum absolute atomic E-state index is 0.0960. The Balaban J connectivity index is 2.07. The van der Waals surface area contributed by atoms with Gasteiger partial charge >= 0.3 is 13.2 Å². The molecule has 2 aliphatic rings. The maximum Gasteiger partial charge on any atom is 0.495 e. The molecule has 0 bridgehead atoms. The van der Waals surface area contributed by atoms with Crippen LogP contribution < -0.4 is 10.4 Å². The van der Waals surface area contributed by atoms with Crippen LogP contribution in [0.15, 0.2) is 11.4 Å². The van der Waals surface area contributed by atoms with E-state index in [1.165, 1.54) is 26.8 Å². The molecule has 3 heterocycles. The summed E-state index contributed by atoms with van der Waals surface area (Å²) in [5.41, 5.74) is -2.01. The summed E-state index contributed by atoms with van der Waals surface area (Å²) in [4.78, 5) is 13.1. The summed E-state index contributed by atoms with van der Waals surface area (Å²) in [6, 6.07) is 1.39. The van der Waals surface area contributed by atoms with Crippen LogP contribution in [0.5, 0.6) is 0 Å². The van der Waals surface area contributed by atoms with E-state index in [1.807, 2.05) is 27.7 Å².